The SMILES string of the molecule is CCOc1ccc(/C=N/OCC(=O)NC(C)c2cc3ccccc3o2)cc1OC. The lowest BCUT2D eigenvalue weighted by atomic mass is 10.2. The summed E-state index contributed by atoms with van der Waals surface area (Å²) in [5, 5.41) is 7.66. The second-order valence-electron chi connectivity index (χ2n) is 6.33. The normalized spacial score (nSPS) is 12.1. The van der Waals surface area contributed by atoms with Gasteiger partial charge in [-0.15, -0.1) is 0 Å². The monoisotopic (exact) mass is 396 g/mol. The summed E-state index contributed by atoms with van der Waals surface area (Å²) >= 11 is 0. The predicted octanol–water partition coefficient (Wildman–Crippen LogP) is 4.07. The maximum absolute atomic E-state index is 12.1. The Labute approximate surface area is 169 Å². The Morgan fingerprint density at radius 3 is 2.79 bits per heavy atom. The van der Waals surface area contributed by atoms with E-state index < -0.39 is 0 Å². The fourth-order valence-corrected chi connectivity index (χ4v) is 2.80. The fourth-order valence-electron chi connectivity index (χ4n) is 2.80. The van der Waals surface area contributed by atoms with Crippen molar-refractivity contribution in [2.24, 2.45) is 5.16 Å². The summed E-state index contributed by atoms with van der Waals surface area (Å²) < 4.78 is 16.5. The minimum absolute atomic E-state index is 0.199. The second-order valence-corrected chi connectivity index (χ2v) is 6.33. The zero-order valence-electron chi connectivity index (χ0n) is 16.7. The molecule has 0 saturated heterocycles. The van der Waals surface area contributed by atoms with Crippen LogP contribution >= 0.6 is 0 Å². The molecule has 0 bridgehead atoms. The van der Waals surface area contributed by atoms with E-state index in [9.17, 15) is 4.79 Å². The van der Waals surface area contributed by atoms with Crippen molar-refractivity contribution in [2.75, 3.05) is 20.3 Å². The van der Waals surface area contributed by atoms with Gasteiger partial charge in [0, 0.05) is 10.9 Å². The fraction of sp³-hybridized carbons (Fsp3) is 0.273. The highest BCUT2D eigenvalue weighted by Crippen LogP contribution is 2.27. The lowest BCUT2D eigenvalue weighted by Gasteiger charge is -2.10. The Morgan fingerprint density at radius 2 is 2.03 bits per heavy atom. The van der Waals surface area contributed by atoms with Gasteiger partial charge < -0.3 is 24.0 Å². The highest BCUT2D eigenvalue weighted by atomic mass is 16.6. The van der Waals surface area contributed by atoms with Gasteiger partial charge in [0.05, 0.1) is 26.0 Å². The van der Waals surface area contributed by atoms with Crippen molar-refractivity contribution in [3.8, 4) is 11.5 Å². The molecule has 152 valence electrons. The summed E-state index contributed by atoms with van der Waals surface area (Å²) in [5.74, 6) is 1.66. The molecule has 1 unspecified atom stereocenters. The van der Waals surface area contributed by atoms with Crippen molar-refractivity contribution in [3.05, 3.63) is 59.9 Å². The van der Waals surface area contributed by atoms with Crippen LogP contribution in [0.2, 0.25) is 0 Å². The number of rotatable bonds is 9. The van der Waals surface area contributed by atoms with Crippen LogP contribution in [0.3, 0.4) is 0 Å². The lowest BCUT2D eigenvalue weighted by Crippen LogP contribution is -2.29. The molecule has 1 N–H and O–H groups in total. The molecule has 0 radical (unpaired) electrons. The number of fused-ring (bicyclic) bond motifs is 1. The first-order chi connectivity index (χ1) is 14.1. The molecule has 3 rings (SSSR count). The third kappa shape index (κ3) is 5.28. The minimum atomic E-state index is -0.292. The highest BCUT2D eigenvalue weighted by Gasteiger charge is 2.14. The molecule has 0 aliphatic carbocycles. The first-order valence-electron chi connectivity index (χ1n) is 9.34. The number of amides is 1. The van der Waals surface area contributed by atoms with Crippen LogP contribution in [0.25, 0.3) is 11.0 Å². The Kier molecular flexibility index (Phi) is 6.73. The second kappa shape index (κ2) is 9.64. The minimum Gasteiger partial charge on any atom is -0.493 e. The number of carbonyl (C=O) groups excluding carboxylic acids is 1. The van der Waals surface area contributed by atoms with Crippen LogP contribution < -0.4 is 14.8 Å². The summed E-state index contributed by atoms with van der Waals surface area (Å²) in [5.41, 5.74) is 1.55. The zero-order valence-corrected chi connectivity index (χ0v) is 16.7. The average Bonchev–Trinajstić information content (AvgIpc) is 3.17. The summed E-state index contributed by atoms with van der Waals surface area (Å²) in [7, 11) is 1.57. The maximum atomic E-state index is 12.1. The van der Waals surface area contributed by atoms with Crippen LogP contribution in [0.1, 0.15) is 31.2 Å². The summed E-state index contributed by atoms with van der Waals surface area (Å²) in [4.78, 5) is 17.2. The van der Waals surface area contributed by atoms with Crippen molar-refractivity contribution in [3.63, 3.8) is 0 Å². The lowest BCUT2D eigenvalue weighted by molar-refractivity contribution is -0.126. The molecule has 29 heavy (non-hydrogen) atoms. The smallest absolute Gasteiger partial charge is 0.261 e. The molecule has 7 heteroatoms. The first-order valence-corrected chi connectivity index (χ1v) is 9.34. The van der Waals surface area contributed by atoms with Crippen LogP contribution in [-0.4, -0.2) is 32.4 Å². The van der Waals surface area contributed by atoms with E-state index in [1.165, 1.54) is 6.21 Å². The molecule has 0 fully saturated rings. The third-order valence-electron chi connectivity index (χ3n) is 4.21. The average molecular weight is 396 g/mol. The molecule has 1 aromatic heterocycles. The van der Waals surface area contributed by atoms with Crippen molar-refractivity contribution < 1.29 is 23.5 Å². The molecular formula is C22H24N2O5. The van der Waals surface area contributed by atoms with Gasteiger partial charge in [0.1, 0.15) is 11.3 Å². The molecule has 1 heterocycles. The predicted molar refractivity (Wildman–Crippen MR) is 110 cm³/mol. The molecule has 3 aromatic rings. The van der Waals surface area contributed by atoms with Gasteiger partial charge in [-0.25, -0.2) is 0 Å². The van der Waals surface area contributed by atoms with Crippen LogP contribution in [0.5, 0.6) is 11.5 Å². The largest absolute Gasteiger partial charge is 0.493 e. The van der Waals surface area contributed by atoms with E-state index >= 15 is 0 Å². The van der Waals surface area contributed by atoms with Crippen LogP contribution in [0.15, 0.2) is 58.1 Å². The number of hydrogen-bond acceptors (Lipinski definition) is 6. The molecule has 0 aliphatic heterocycles. The summed E-state index contributed by atoms with van der Waals surface area (Å²) in [6.45, 7) is 4.11. The number of nitrogens with one attached hydrogen (secondary N) is 1. The number of furan rings is 1. The number of para-hydroxylation sites is 1. The van der Waals surface area contributed by atoms with E-state index in [0.717, 1.165) is 16.5 Å². The molecule has 1 atom stereocenters. The van der Waals surface area contributed by atoms with Gasteiger partial charge in [-0.05, 0) is 44.2 Å². The van der Waals surface area contributed by atoms with Gasteiger partial charge in [-0.3, -0.25) is 4.79 Å². The van der Waals surface area contributed by atoms with Crippen molar-refractivity contribution in [1.82, 2.24) is 5.32 Å². The van der Waals surface area contributed by atoms with E-state index in [1.54, 1.807) is 19.2 Å². The maximum Gasteiger partial charge on any atom is 0.261 e. The molecular weight excluding hydrogens is 372 g/mol. The van der Waals surface area contributed by atoms with Gasteiger partial charge in [-0.2, -0.15) is 0 Å². The van der Waals surface area contributed by atoms with E-state index in [2.05, 4.69) is 10.5 Å². The molecule has 7 nitrogen and oxygen atoms in total. The summed E-state index contributed by atoms with van der Waals surface area (Å²) in [6.07, 6.45) is 1.51. The van der Waals surface area contributed by atoms with E-state index in [1.807, 2.05) is 50.2 Å². The highest BCUT2D eigenvalue weighted by molar-refractivity contribution is 5.81. The van der Waals surface area contributed by atoms with E-state index in [-0.39, 0.29) is 18.6 Å². The van der Waals surface area contributed by atoms with Crippen molar-refractivity contribution in [2.45, 2.75) is 19.9 Å². The van der Waals surface area contributed by atoms with Crippen LogP contribution in [0.4, 0.5) is 0 Å². The topological polar surface area (TPSA) is 82.3 Å². The van der Waals surface area contributed by atoms with Crippen molar-refractivity contribution in [1.29, 1.82) is 0 Å². The molecule has 2 aromatic carbocycles. The van der Waals surface area contributed by atoms with Gasteiger partial charge in [-0.1, -0.05) is 23.4 Å². The number of ether oxygens (including phenoxy) is 2. The number of nitrogens with zero attached hydrogens (tertiary/aromatic N) is 1. The van der Waals surface area contributed by atoms with Crippen LogP contribution in [-0.2, 0) is 9.63 Å². The molecule has 0 spiro atoms. The zero-order chi connectivity index (χ0) is 20.6. The van der Waals surface area contributed by atoms with Gasteiger partial charge in [0.25, 0.3) is 5.91 Å². The molecule has 0 aliphatic rings. The van der Waals surface area contributed by atoms with Crippen LogP contribution in [0, 0.1) is 0 Å². The number of methoxy groups -OCH3 is 1. The standard InChI is InChI=1S/C22H24N2O5/c1-4-27-19-10-9-16(11-21(19)26-3)13-23-28-14-22(25)24-15(2)20-12-17-7-5-6-8-18(17)29-20/h5-13,15H,4,14H2,1-3H3,(H,24,25)/b23-13+. The number of hydrogen-bond donors (Lipinski definition) is 1. The van der Waals surface area contributed by atoms with Gasteiger partial charge >= 0.3 is 0 Å². The Bertz CT molecular complexity index is 963. The number of carbonyl (C=O) groups is 1. The Hall–Kier alpha value is -3.48. The van der Waals surface area contributed by atoms with Gasteiger partial charge in [0.15, 0.2) is 18.1 Å². The third-order valence-corrected chi connectivity index (χ3v) is 4.21. The number of oxime groups is 1. The molecule has 0 saturated carbocycles. The van der Waals surface area contributed by atoms with E-state index in [4.69, 9.17) is 18.7 Å². The first kappa shape index (κ1) is 20.3. The van der Waals surface area contributed by atoms with Crippen molar-refractivity contribution >= 4 is 23.1 Å². The number of benzene rings is 2. The Balaban J connectivity index is 1.50. The van der Waals surface area contributed by atoms with E-state index in [0.29, 0.717) is 23.9 Å². The Morgan fingerprint density at radius 1 is 1.21 bits per heavy atom. The molecule has 1 amide bonds. The summed E-state index contributed by atoms with van der Waals surface area (Å²) in [6, 6.07) is 14.7. The van der Waals surface area contributed by atoms with Gasteiger partial charge in [0.2, 0.25) is 0 Å². The quantitative estimate of drug-likeness (QED) is 0.436.